The Balaban J connectivity index is 1.12. The van der Waals surface area contributed by atoms with Crippen molar-refractivity contribution in [2.75, 3.05) is 0 Å². The zero-order valence-electron chi connectivity index (χ0n) is 27.0. The van der Waals surface area contributed by atoms with Crippen molar-refractivity contribution in [3.8, 4) is 34.1 Å². The molecule has 2 aromatic heterocycles. The molecule has 2 heterocycles. The van der Waals surface area contributed by atoms with Crippen molar-refractivity contribution in [1.82, 2.24) is 14.5 Å². The molecule has 0 atom stereocenters. The summed E-state index contributed by atoms with van der Waals surface area (Å²) in [5, 5.41) is 5.62. The Morgan fingerprint density at radius 2 is 1.22 bits per heavy atom. The van der Waals surface area contributed by atoms with Gasteiger partial charge in [0.1, 0.15) is 11.5 Å². The summed E-state index contributed by atoms with van der Waals surface area (Å²) in [6.45, 7) is 6.37. The molecule has 0 aliphatic rings. The maximum absolute atomic E-state index is 6.37. The van der Waals surface area contributed by atoms with Crippen LogP contribution in [-0.4, -0.2) is 14.5 Å². The van der Waals surface area contributed by atoms with Crippen LogP contribution in [0.1, 0.15) is 11.1 Å². The molecule has 0 bridgehead atoms. The van der Waals surface area contributed by atoms with Crippen molar-refractivity contribution in [1.29, 1.82) is 0 Å². The van der Waals surface area contributed by atoms with Crippen LogP contribution in [0.3, 0.4) is 0 Å². The summed E-state index contributed by atoms with van der Waals surface area (Å²) in [4.78, 5) is 10.3. The van der Waals surface area contributed by atoms with Crippen LogP contribution in [0.4, 0.5) is 0 Å². The van der Waals surface area contributed by atoms with Crippen molar-refractivity contribution in [2.45, 2.75) is 6.92 Å². The predicted molar refractivity (Wildman–Crippen MR) is 203 cm³/mol. The van der Waals surface area contributed by atoms with Crippen LogP contribution in [0, 0.1) is 6.92 Å². The number of aryl methyl sites for hydroxylation is 1. The van der Waals surface area contributed by atoms with E-state index in [9.17, 15) is 0 Å². The van der Waals surface area contributed by atoms with E-state index in [1.165, 1.54) is 0 Å². The number of aromatic nitrogens is 3. The molecule has 0 saturated carbocycles. The average molecular weight is 630 g/mol. The zero-order chi connectivity index (χ0) is 32.9. The number of ether oxygens (including phenoxy) is 1. The van der Waals surface area contributed by atoms with Gasteiger partial charge in [0.15, 0.2) is 0 Å². The van der Waals surface area contributed by atoms with Gasteiger partial charge in [0.05, 0.1) is 22.2 Å². The highest BCUT2D eigenvalue weighted by Crippen LogP contribution is 2.37. The van der Waals surface area contributed by atoms with E-state index in [1.54, 1.807) is 0 Å². The molecule has 0 N–H and O–H groups in total. The van der Waals surface area contributed by atoms with Gasteiger partial charge in [-0.25, -0.2) is 9.97 Å². The van der Waals surface area contributed by atoms with Gasteiger partial charge in [-0.3, -0.25) is 4.57 Å². The number of para-hydroxylation sites is 2. The maximum Gasteiger partial charge on any atom is 0.235 e. The lowest BCUT2D eigenvalue weighted by Crippen LogP contribution is -2.03. The van der Waals surface area contributed by atoms with Crippen LogP contribution in [0.25, 0.3) is 77.6 Å². The van der Waals surface area contributed by atoms with Gasteiger partial charge in [-0.2, -0.15) is 0 Å². The van der Waals surface area contributed by atoms with Gasteiger partial charge >= 0.3 is 0 Å². The third-order valence-electron chi connectivity index (χ3n) is 9.34. The highest BCUT2D eigenvalue weighted by atomic mass is 16.5. The summed E-state index contributed by atoms with van der Waals surface area (Å²) < 4.78 is 8.56. The van der Waals surface area contributed by atoms with Crippen molar-refractivity contribution in [3.05, 3.63) is 175 Å². The molecule has 49 heavy (non-hydrogen) atoms. The van der Waals surface area contributed by atoms with Gasteiger partial charge in [0.2, 0.25) is 5.95 Å². The minimum absolute atomic E-state index is 0.633. The van der Waals surface area contributed by atoms with E-state index >= 15 is 0 Å². The van der Waals surface area contributed by atoms with E-state index < -0.39 is 0 Å². The van der Waals surface area contributed by atoms with Gasteiger partial charge in [0, 0.05) is 27.3 Å². The molecular weight excluding hydrogens is 599 g/mol. The normalized spacial score (nSPS) is 11.4. The second kappa shape index (κ2) is 11.6. The number of fused-ring (bicyclic) bond motifs is 5. The van der Waals surface area contributed by atoms with Gasteiger partial charge in [-0.1, -0.05) is 128 Å². The highest BCUT2D eigenvalue weighted by Gasteiger charge is 2.18. The summed E-state index contributed by atoms with van der Waals surface area (Å²) in [5.41, 5.74) is 9.30. The van der Waals surface area contributed by atoms with E-state index in [1.807, 2.05) is 42.5 Å². The largest absolute Gasteiger partial charge is 0.457 e. The number of benzene rings is 7. The van der Waals surface area contributed by atoms with Crippen molar-refractivity contribution >= 4 is 49.2 Å². The van der Waals surface area contributed by atoms with E-state index in [-0.39, 0.29) is 0 Å². The Hall–Kier alpha value is -6.52. The van der Waals surface area contributed by atoms with E-state index in [0.29, 0.717) is 11.7 Å². The lowest BCUT2D eigenvalue weighted by molar-refractivity contribution is 0.513. The molecule has 232 valence electrons. The molecule has 0 amide bonds. The topological polar surface area (TPSA) is 39.9 Å². The summed E-state index contributed by atoms with van der Waals surface area (Å²) in [6, 6.07) is 54.6. The summed E-state index contributed by atoms with van der Waals surface area (Å²) in [7, 11) is 0. The molecule has 0 spiro atoms. The van der Waals surface area contributed by atoms with Gasteiger partial charge in [0.25, 0.3) is 0 Å². The van der Waals surface area contributed by atoms with Crippen LogP contribution in [0.2, 0.25) is 0 Å². The average Bonchev–Trinajstić information content (AvgIpc) is 3.49. The Morgan fingerprint density at radius 3 is 2.08 bits per heavy atom. The Labute approximate surface area is 284 Å². The van der Waals surface area contributed by atoms with Crippen molar-refractivity contribution in [3.63, 3.8) is 0 Å². The zero-order valence-corrected chi connectivity index (χ0v) is 27.0. The summed E-state index contributed by atoms with van der Waals surface area (Å²) in [6.07, 6.45) is 0. The molecule has 0 unspecified atom stereocenters. The summed E-state index contributed by atoms with van der Waals surface area (Å²) in [5.74, 6) is 2.08. The molecular formula is C45H31N3O. The molecule has 7 aromatic carbocycles. The van der Waals surface area contributed by atoms with Crippen LogP contribution in [-0.2, 0) is 0 Å². The molecule has 0 aliphatic heterocycles. The van der Waals surface area contributed by atoms with Crippen LogP contribution in [0.15, 0.2) is 164 Å². The molecule has 9 rings (SSSR count). The van der Waals surface area contributed by atoms with E-state index in [0.717, 1.165) is 82.7 Å². The van der Waals surface area contributed by atoms with Gasteiger partial charge in [-0.15, -0.1) is 0 Å². The maximum atomic E-state index is 6.37. The first-order chi connectivity index (χ1) is 24.1. The summed E-state index contributed by atoms with van der Waals surface area (Å²) >= 11 is 0. The van der Waals surface area contributed by atoms with Crippen molar-refractivity contribution < 1.29 is 4.74 Å². The fourth-order valence-corrected chi connectivity index (χ4v) is 6.95. The minimum atomic E-state index is 0.633. The lowest BCUT2D eigenvalue weighted by atomic mass is 10.0. The monoisotopic (exact) mass is 629 g/mol. The minimum Gasteiger partial charge on any atom is -0.457 e. The molecule has 0 radical (unpaired) electrons. The lowest BCUT2D eigenvalue weighted by Gasteiger charge is -2.14. The molecule has 0 saturated heterocycles. The number of hydrogen-bond donors (Lipinski definition) is 0. The second-order valence-electron chi connectivity index (χ2n) is 12.4. The van der Waals surface area contributed by atoms with E-state index in [4.69, 9.17) is 14.7 Å². The first kappa shape index (κ1) is 28.7. The van der Waals surface area contributed by atoms with Crippen LogP contribution in [0.5, 0.6) is 5.75 Å². The SMILES string of the molecule is C=C(Oc1ccc(-c2ccc3c(c2)c2ccccc2n3-c2nc(-c3ccccc3)c3ccccc3n2)cc1C)c1cccc2ccccc12. The molecule has 9 aromatic rings. The fourth-order valence-electron chi connectivity index (χ4n) is 6.95. The van der Waals surface area contributed by atoms with Gasteiger partial charge in [-0.05, 0) is 70.8 Å². The predicted octanol–water partition coefficient (Wildman–Crippen LogP) is 11.6. The molecule has 4 heteroatoms. The number of hydrogen-bond acceptors (Lipinski definition) is 3. The Kier molecular flexibility index (Phi) is 6.80. The molecule has 4 nitrogen and oxygen atoms in total. The molecule has 0 fully saturated rings. The van der Waals surface area contributed by atoms with Crippen molar-refractivity contribution in [2.24, 2.45) is 0 Å². The number of rotatable bonds is 6. The third kappa shape index (κ3) is 4.93. The van der Waals surface area contributed by atoms with E-state index in [2.05, 4.69) is 133 Å². The quantitative estimate of drug-likeness (QED) is 0.172. The first-order valence-corrected chi connectivity index (χ1v) is 16.4. The Morgan fingerprint density at radius 1 is 0.551 bits per heavy atom. The standard InChI is InChI=1S/C45H31N3O/c1-29-27-33(24-26-43(29)49-30(2)35-20-12-16-31-13-6-7-17-36(31)35)34-23-25-42-39(28-34)37-18-9-11-22-41(37)48(42)45-46-40-21-10-8-19-38(40)44(47-45)32-14-4-3-5-15-32/h3-28H,2H2,1H3. The van der Waals surface area contributed by atoms with Crippen LogP contribution >= 0.6 is 0 Å². The van der Waals surface area contributed by atoms with Crippen LogP contribution < -0.4 is 4.74 Å². The number of nitrogens with zero attached hydrogens (tertiary/aromatic N) is 3. The molecule has 0 aliphatic carbocycles. The Bertz CT molecular complexity index is 2720. The third-order valence-corrected chi connectivity index (χ3v) is 9.34. The smallest absolute Gasteiger partial charge is 0.235 e. The first-order valence-electron chi connectivity index (χ1n) is 16.4. The highest BCUT2D eigenvalue weighted by molar-refractivity contribution is 6.10. The fraction of sp³-hybridized carbons (Fsp3) is 0.0222. The second-order valence-corrected chi connectivity index (χ2v) is 12.4. The van der Waals surface area contributed by atoms with Gasteiger partial charge < -0.3 is 4.74 Å².